The third-order valence-corrected chi connectivity index (χ3v) is 6.73. The number of ether oxygens (including phenoxy) is 1. The Kier molecular flexibility index (Phi) is 8.32. The molecule has 0 aliphatic carbocycles. The van der Waals surface area contributed by atoms with E-state index in [4.69, 9.17) is 9.73 Å². The van der Waals surface area contributed by atoms with Gasteiger partial charge in [-0.05, 0) is 33.7 Å². The van der Waals surface area contributed by atoms with Crippen LogP contribution < -0.4 is 5.32 Å². The molecule has 0 amide bonds. The number of halogens is 1. The Morgan fingerprint density at radius 1 is 1.17 bits per heavy atom. The minimum absolute atomic E-state index is 0. The molecule has 0 unspecified atom stereocenters. The summed E-state index contributed by atoms with van der Waals surface area (Å²) in [5.74, 6) is 2.78. The third-order valence-electron chi connectivity index (χ3n) is 6.73. The first-order chi connectivity index (χ1) is 13.2. The second kappa shape index (κ2) is 9.91. The fourth-order valence-corrected chi connectivity index (χ4v) is 3.70. The van der Waals surface area contributed by atoms with Gasteiger partial charge in [-0.2, -0.15) is 0 Å². The van der Waals surface area contributed by atoms with Crippen LogP contribution in [0.15, 0.2) is 4.99 Å². The van der Waals surface area contributed by atoms with Crippen LogP contribution in [0.1, 0.15) is 45.8 Å². The van der Waals surface area contributed by atoms with Crippen LogP contribution in [0, 0.1) is 12.3 Å². The fourth-order valence-electron chi connectivity index (χ4n) is 3.70. The van der Waals surface area contributed by atoms with Crippen molar-refractivity contribution in [2.75, 3.05) is 45.9 Å². The highest BCUT2D eigenvalue weighted by molar-refractivity contribution is 14.0. The van der Waals surface area contributed by atoms with Gasteiger partial charge in [-0.15, -0.1) is 34.2 Å². The lowest BCUT2D eigenvalue weighted by Crippen LogP contribution is -2.72. The first-order valence-electron chi connectivity index (χ1n) is 10.4. The van der Waals surface area contributed by atoms with E-state index < -0.39 is 0 Å². The zero-order valence-corrected chi connectivity index (χ0v) is 21.2. The zero-order chi connectivity index (χ0) is 20.4. The van der Waals surface area contributed by atoms with Gasteiger partial charge >= 0.3 is 0 Å². The summed E-state index contributed by atoms with van der Waals surface area (Å²) < 4.78 is 7.43. The van der Waals surface area contributed by atoms with Gasteiger partial charge in [0, 0.05) is 44.2 Å². The lowest BCUT2D eigenvalue weighted by molar-refractivity contribution is -0.0668. The molecule has 0 bridgehead atoms. The van der Waals surface area contributed by atoms with Crippen molar-refractivity contribution >= 4 is 29.9 Å². The van der Waals surface area contributed by atoms with Gasteiger partial charge in [-0.1, -0.05) is 13.8 Å². The van der Waals surface area contributed by atoms with Gasteiger partial charge < -0.3 is 19.5 Å². The van der Waals surface area contributed by atoms with Gasteiger partial charge in [0.15, 0.2) is 11.8 Å². The van der Waals surface area contributed by atoms with E-state index in [1.54, 1.807) is 0 Å². The maximum Gasteiger partial charge on any atom is 0.194 e. The van der Waals surface area contributed by atoms with Crippen molar-refractivity contribution in [3.63, 3.8) is 0 Å². The number of rotatable bonds is 6. The fraction of sp³-hybridized carbons (Fsp3) is 0.850. The first kappa shape index (κ1) is 24.3. The molecule has 0 aromatic carbocycles. The second-order valence-corrected chi connectivity index (χ2v) is 9.13. The summed E-state index contributed by atoms with van der Waals surface area (Å²) >= 11 is 0. The van der Waals surface area contributed by atoms with Crippen LogP contribution in [0.5, 0.6) is 0 Å². The smallest absolute Gasteiger partial charge is 0.194 e. The molecule has 0 saturated carbocycles. The van der Waals surface area contributed by atoms with Crippen LogP contribution in [0.25, 0.3) is 0 Å². The third kappa shape index (κ3) is 5.41. The summed E-state index contributed by atoms with van der Waals surface area (Å²) in [6.45, 7) is 18.6. The summed E-state index contributed by atoms with van der Waals surface area (Å²) in [7, 11) is 1.99. The molecular formula is C20H38IN7O. The van der Waals surface area contributed by atoms with Crippen molar-refractivity contribution in [1.29, 1.82) is 0 Å². The van der Waals surface area contributed by atoms with Crippen molar-refractivity contribution in [3.05, 3.63) is 11.6 Å². The number of hydrogen-bond donors (Lipinski definition) is 1. The summed E-state index contributed by atoms with van der Waals surface area (Å²) in [5, 5.41) is 12.0. The molecule has 1 aromatic heterocycles. The Hall–Kier alpha value is -0.940. The molecule has 0 spiro atoms. The van der Waals surface area contributed by atoms with Crippen LogP contribution in [-0.4, -0.2) is 82.0 Å². The summed E-state index contributed by atoms with van der Waals surface area (Å²) in [6, 6.07) is 0. The standard InChI is InChI=1S/C20H37N7O.HI/c1-16-23-24-17(25(16)6)14-22-18(27-15-19(2,3)20(27,4)5)21-8-7-9-26-10-12-28-13-11-26;/h7-15H2,1-6H3,(H,21,22);1H. The van der Waals surface area contributed by atoms with Crippen molar-refractivity contribution in [2.45, 2.75) is 53.1 Å². The number of guanidine groups is 1. The molecule has 9 heteroatoms. The molecule has 2 fully saturated rings. The minimum Gasteiger partial charge on any atom is -0.379 e. The average Bonchev–Trinajstić information content (AvgIpc) is 2.99. The van der Waals surface area contributed by atoms with Crippen molar-refractivity contribution in [1.82, 2.24) is 29.9 Å². The number of nitrogens with zero attached hydrogens (tertiary/aromatic N) is 6. The topological polar surface area (TPSA) is 70.8 Å². The number of likely N-dealkylation sites (tertiary alicyclic amines) is 1. The first-order valence-corrected chi connectivity index (χ1v) is 10.4. The van der Waals surface area contributed by atoms with Gasteiger partial charge in [-0.3, -0.25) is 4.90 Å². The number of aromatic nitrogens is 3. The maximum atomic E-state index is 5.43. The highest BCUT2D eigenvalue weighted by atomic mass is 127. The van der Waals surface area contributed by atoms with E-state index in [9.17, 15) is 0 Å². The Morgan fingerprint density at radius 3 is 2.41 bits per heavy atom. The number of aryl methyl sites for hydroxylation is 1. The molecule has 0 atom stereocenters. The Bertz CT molecular complexity index is 695. The van der Waals surface area contributed by atoms with Gasteiger partial charge in [-0.25, -0.2) is 4.99 Å². The van der Waals surface area contributed by atoms with Gasteiger partial charge in [0.05, 0.1) is 13.2 Å². The van der Waals surface area contributed by atoms with E-state index in [-0.39, 0.29) is 34.9 Å². The lowest BCUT2D eigenvalue weighted by atomic mass is 9.65. The summed E-state index contributed by atoms with van der Waals surface area (Å²) in [5.41, 5.74) is 0.337. The molecule has 2 aliphatic rings. The molecule has 3 heterocycles. The summed E-state index contributed by atoms with van der Waals surface area (Å²) in [6.07, 6.45) is 1.10. The second-order valence-electron chi connectivity index (χ2n) is 9.13. The van der Waals surface area contributed by atoms with Gasteiger partial charge in [0.25, 0.3) is 0 Å². The zero-order valence-electron chi connectivity index (χ0n) is 18.9. The highest BCUT2D eigenvalue weighted by Crippen LogP contribution is 2.46. The molecule has 0 radical (unpaired) electrons. The largest absolute Gasteiger partial charge is 0.379 e. The van der Waals surface area contributed by atoms with Gasteiger partial charge in [0.1, 0.15) is 12.4 Å². The van der Waals surface area contributed by atoms with Crippen LogP contribution in [0.4, 0.5) is 0 Å². The average molecular weight is 519 g/mol. The van der Waals surface area contributed by atoms with Gasteiger partial charge in [0.2, 0.25) is 0 Å². The molecule has 2 saturated heterocycles. The maximum absolute atomic E-state index is 5.43. The van der Waals surface area contributed by atoms with Crippen molar-refractivity contribution in [3.8, 4) is 0 Å². The Balaban J connectivity index is 0.00000300. The number of morpholine rings is 1. The number of aliphatic imine (C=N–C) groups is 1. The molecule has 166 valence electrons. The predicted molar refractivity (Wildman–Crippen MR) is 127 cm³/mol. The molecule has 3 rings (SSSR count). The van der Waals surface area contributed by atoms with E-state index in [1.165, 1.54) is 0 Å². The quantitative estimate of drug-likeness (QED) is 0.269. The van der Waals surface area contributed by atoms with Crippen LogP contribution in [-0.2, 0) is 18.3 Å². The molecule has 8 nitrogen and oxygen atoms in total. The van der Waals surface area contributed by atoms with E-state index >= 15 is 0 Å². The van der Waals surface area contributed by atoms with E-state index in [0.29, 0.717) is 6.54 Å². The van der Waals surface area contributed by atoms with Crippen molar-refractivity contribution in [2.24, 2.45) is 17.5 Å². The van der Waals surface area contributed by atoms with E-state index in [1.807, 2.05) is 18.5 Å². The number of hydrogen-bond acceptors (Lipinski definition) is 5. The van der Waals surface area contributed by atoms with E-state index in [2.05, 4.69) is 53.0 Å². The normalized spacial score (nSPS) is 21.4. The number of nitrogens with one attached hydrogen (secondary N) is 1. The Labute approximate surface area is 192 Å². The minimum atomic E-state index is 0. The van der Waals surface area contributed by atoms with Crippen molar-refractivity contribution < 1.29 is 4.74 Å². The van der Waals surface area contributed by atoms with Crippen LogP contribution in [0.2, 0.25) is 0 Å². The molecule has 1 aromatic rings. The van der Waals surface area contributed by atoms with Crippen LogP contribution >= 0.6 is 24.0 Å². The molecule has 2 aliphatic heterocycles. The van der Waals surface area contributed by atoms with Crippen LogP contribution in [0.3, 0.4) is 0 Å². The van der Waals surface area contributed by atoms with E-state index in [0.717, 1.165) is 70.0 Å². The highest BCUT2D eigenvalue weighted by Gasteiger charge is 2.53. The molecular weight excluding hydrogens is 481 g/mol. The molecule has 1 N–H and O–H groups in total. The monoisotopic (exact) mass is 519 g/mol. The predicted octanol–water partition coefficient (Wildman–Crippen LogP) is 2.03. The SMILES string of the molecule is Cc1nnc(CN=C(NCCCN2CCOCC2)N2CC(C)(C)C2(C)C)n1C.I. The lowest BCUT2D eigenvalue weighted by Gasteiger charge is -2.62. The Morgan fingerprint density at radius 2 is 1.86 bits per heavy atom. The molecule has 29 heavy (non-hydrogen) atoms. The summed E-state index contributed by atoms with van der Waals surface area (Å²) in [4.78, 5) is 9.78.